The molecular formula is C20H32O6. The molecule has 0 aliphatic heterocycles. The first kappa shape index (κ1) is 22.3. The lowest BCUT2D eigenvalue weighted by Gasteiger charge is -2.20. The lowest BCUT2D eigenvalue weighted by Crippen LogP contribution is -2.27. The highest BCUT2D eigenvalue weighted by Gasteiger charge is 2.41. The molecule has 26 heavy (non-hydrogen) atoms. The lowest BCUT2D eigenvalue weighted by atomic mass is 9.83. The summed E-state index contributed by atoms with van der Waals surface area (Å²) in [5.74, 6) is -1.85. The van der Waals surface area contributed by atoms with Crippen LogP contribution in [0.25, 0.3) is 0 Å². The molecule has 0 amide bonds. The maximum absolute atomic E-state index is 10.9. The smallest absolute Gasteiger partial charge is 0.307 e. The summed E-state index contributed by atoms with van der Waals surface area (Å²) in [7, 11) is 0. The zero-order valence-electron chi connectivity index (χ0n) is 16.1. The molecule has 148 valence electrons. The first-order valence-electron chi connectivity index (χ1n) is 9.51. The summed E-state index contributed by atoms with van der Waals surface area (Å²) in [6, 6.07) is 0. The van der Waals surface area contributed by atoms with Crippen molar-refractivity contribution in [1.29, 1.82) is 0 Å². The third kappa shape index (κ3) is 5.15. The SMILES string of the molecule is C[C@@H](C=O)[C@H]1CC[C@H](C)[C@@H]1C(=O)O.C[C@H](C=O)[C@H]1CC[C@H](C)[C@@H]1C(=O)O. The largest absolute Gasteiger partial charge is 0.481 e. The molecule has 0 spiro atoms. The van der Waals surface area contributed by atoms with Crippen molar-refractivity contribution in [3.05, 3.63) is 0 Å². The Morgan fingerprint density at radius 2 is 1.08 bits per heavy atom. The number of hydrogen-bond donors (Lipinski definition) is 2. The van der Waals surface area contributed by atoms with Crippen LogP contribution in [-0.2, 0) is 19.2 Å². The van der Waals surface area contributed by atoms with Gasteiger partial charge >= 0.3 is 11.9 Å². The number of aliphatic carboxylic acids is 2. The summed E-state index contributed by atoms with van der Waals surface area (Å²) in [5, 5.41) is 18.0. The van der Waals surface area contributed by atoms with E-state index in [2.05, 4.69) is 0 Å². The van der Waals surface area contributed by atoms with Crippen molar-refractivity contribution in [3.8, 4) is 0 Å². The van der Waals surface area contributed by atoms with Crippen LogP contribution in [0.15, 0.2) is 0 Å². The molecule has 0 saturated heterocycles. The molecule has 2 N–H and O–H groups in total. The Bertz CT molecular complexity index is 470. The van der Waals surface area contributed by atoms with E-state index >= 15 is 0 Å². The molecule has 6 nitrogen and oxygen atoms in total. The van der Waals surface area contributed by atoms with E-state index < -0.39 is 11.9 Å². The number of carbonyl (C=O) groups is 4. The standard InChI is InChI=1S/2C10H16O3/c2*1-6-3-4-8(7(2)5-11)9(6)10(12)13/h2*5-9H,3-4H2,1-2H3,(H,12,13)/t6-,7+,8+,9-;6-,7-,8+,9-/m00/s1. The number of hydrogen-bond acceptors (Lipinski definition) is 4. The highest BCUT2D eigenvalue weighted by molar-refractivity contribution is 5.72. The van der Waals surface area contributed by atoms with E-state index in [0.717, 1.165) is 38.3 Å². The normalized spacial score (nSPS) is 35.7. The van der Waals surface area contributed by atoms with Gasteiger partial charge in [-0.2, -0.15) is 0 Å². The van der Waals surface area contributed by atoms with Crippen molar-refractivity contribution in [2.24, 2.45) is 47.3 Å². The summed E-state index contributed by atoms with van der Waals surface area (Å²) < 4.78 is 0. The average Bonchev–Trinajstić information content (AvgIpc) is 3.16. The molecule has 0 bridgehead atoms. The van der Waals surface area contributed by atoms with Gasteiger partial charge in [0.25, 0.3) is 0 Å². The van der Waals surface area contributed by atoms with Crippen LogP contribution in [0.3, 0.4) is 0 Å². The molecule has 0 aromatic rings. The van der Waals surface area contributed by atoms with E-state index in [1.54, 1.807) is 0 Å². The topological polar surface area (TPSA) is 109 Å². The fourth-order valence-electron chi connectivity index (χ4n) is 4.71. The van der Waals surface area contributed by atoms with Crippen molar-refractivity contribution in [3.63, 3.8) is 0 Å². The average molecular weight is 368 g/mol. The van der Waals surface area contributed by atoms with E-state index in [4.69, 9.17) is 10.2 Å². The maximum atomic E-state index is 10.9. The van der Waals surface area contributed by atoms with E-state index in [1.807, 2.05) is 27.7 Å². The number of carboxylic acids is 2. The molecular weight excluding hydrogens is 336 g/mol. The zero-order chi connectivity index (χ0) is 20.0. The van der Waals surface area contributed by atoms with Gasteiger partial charge in [0.2, 0.25) is 0 Å². The molecule has 2 fully saturated rings. The van der Waals surface area contributed by atoms with Gasteiger partial charge in [-0.05, 0) is 49.4 Å². The zero-order valence-corrected chi connectivity index (χ0v) is 16.1. The number of carboxylic acid groups (broad SMARTS) is 2. The van der Waals surface area contributed by atoms with Crippen molar-refractivity contribution in [2.45, 2.75) is 53.4 Å². The molecule has 2 aliphatic carbocycles. The van der Waals surface area contributed by atoms with Gasteiger partial charge in [0.1, 0.15) is 12.6 Å². The minimum Gasteiger partial charge on any atom is -0.481 e. The van der Waals surface area contributed by atoms with E-state index in [1.165, 1.54) is 0 Å². The molecule has 2 aliphatic rings. The lowest BCUT2D eigenvalue weighted by molar-refractivity contribution is -0.146. The Hall–Kier alpha value is -1.72. The molecule has 0 heterocycles. The minimum atomic E-state index is -0.747. The number of rotatable bonds is 6. The van der Waals surface area contributed by atoms with Crippen LogP contribution in [0.5, 0.6) is 0 Å². The summed E-state index contributed by atoms with van der Waals surface area (Å²) in [6.45, 7) is 7.53. The fraction of sp³-hybridized carbons (Fsp3) is 0.800. The van der Waals surface area contributed by atoms with Gasteiger partial charge in [0.05, 0.1) is 11.8 Å². The summed E-state index contributed by atoms with van der Waals surface area (Å²) in [6.07, 6.45) is 5.35. The predicted molar refractivity (Wildman–Crippen MR) is 96.5 cm³/mol. The van der Waals surface area contributed by atoms with Gasteiger partial charge in [-0.1, -0.05) is 27.7 Å². The highest BCUT2D eigenvalue weighted by atomic mass is 16.4. The van der Waals surface area contributed by atoms with Crippen LogP contribution < -0.4 is 0 Å². The number of carbonyl (C=O) groups excluding carboxylic acids is 2. The third-order valence-electron chi connectivity index (χ3n) is 6.41. The molecule has 0 aromatic heterocycles. The third-order valence-corrected chi connectivity index (χ3v) is 6.41. The molecule has 2 rings (SSSR count). The van der Waals surface area contributed by atoms with Gasteiger partial charge in [0.15, 0.2) is 0 Å². The Labute approximate surface area is 155 Å². The second-order valence-corrected chi connectivity index (χ2v) is 8.16. The van der Waals surface area contributed by atoms with E-state index in [0.29, 0.717) is 0 Å². The molecule has 8 atom stereocenters. The summed E-state index contributed by atoms with van der Waals surface area (Å²) >= 11 is 0. The van der Waals surface area contributed by atoms with E-state index in [9.17, 15) is 19.2 Å². The molecule has 0 unspecified atom stereocenters. The maximum Gasteiger partial charge on any atom is 0.307 e. The van der Waals surface area contributed by atoms with Crippen LogP contribution in [0, 0.1) is 47.3 Å². The van der Waals surface area contributed by atoms with Crippen molar-refractivity contribution in [1.82, 2.24) is 0 Å². The Balaban J connectivity index is 0.000000260. The van der Waals surface area contributed by atoms with Gasteiger partial charge in [-0.15, -0.1) is 0 Å². The molecule has 2 saturated carbocycles. The summed E-state index contributed by atoms with van der Waals surface area (Å²) in [4.78, 5) is 43.0. The molecule has 0 aromatic carbocycles. The van der Waals surface area contributed by atoms with Crippen LogP contribution in [-0.4, -0.2) is 34.7 Å². The van der Waals surface area contributed by atoms with E-state index in [-0.39, 0.29) is 47.3 Å². The summed E-state index contributed by atoms with van der Waals surface area (Å²) in [5.41, 5.74) is 0. The minimum absolute atomic E-state index is 0.0463. The van der Waals surface area contributed by atoms with Crippen molar-refractivity contribution in [2.75, 3.05) is 0 Å². The van der Waals surface area contributed by atoms with Crippen molar-refractivity contribution >= 4 is 24.5 Å². The van der Waals surface area contributed by atoms with Crippen molar-refractivity contribution < 1.29 is 29.4 Å². The van der Waals surface area contributed by atoms with Gasteiger partial charge < -0.3 is 19.8 Å². The van der Waals surface area contributed by atoms with Crippen LogP contribution in [0.4, 0.5) is 0 Å². The second-order valence-electron chi connectivity index (χ2n) is 8.16. The second kappa shape index (κ2) is 9.83. The Kier molecular flexibility index (Phi) is 8.44. The fourth-order valence-corrected chi connectivity index (χ4v) is 4.71. The van der Waals surface area contributed by atoms with Crippen LogP contribution in [0.1, 0.15) is 53.4 Å². The van der Waals surface area contributed by atoms with Gasteiger partial charge in [0, 0.05) is 11.8 Å². The first-order chi connectivity index (χ1) is 12.1. The Morgan fingerprint density at radius 3 is 1.31 bits per heavy atom. The van der Waals surface area contributed by atoms with Crippen LogP contribution in [0.2, 0.25) is 0 Å². The molecule has 6 heteroatoms. The predicted octanol–water partition coefficient (Wildman–Crippen LogP) is 3.14. The Morgan fingerprint density at radius 1 is 0.769 bits per heavy atom. The number of aldehydes is 2. The van der Waals surface area contributed by atoms with Gasteiger partial charge in [-0.3, -0.25) is 9.59 Å². The highest BCUT2D eigenvalue weighted by Crippen LogP contribution is 2.41. The van der Waals surface area contributed by atoms with Crippen LogP contribution >= 0.6 is 0 Å². The van der Waals surface area contributed by atoms with Gasteiger partial charge in [-0.25, -0.2) is 0 Å². The quantitative estimate of drug-likeness (QED) is 0.697. The first-order valence-corrected chi connectivity index (χ1v) is 9.51. The molecule has 0 radical (unpaired) electrons. The monoisotopic (exact) mass is 368 g/mol.